The fourth-order valence-electron chi connectivity index (χ4n) is 1.67. The van der Waals surface area contributed by atoms with Crippen molar-refractivity contribution in [3.8, 4) is 0 Å². The minimum atomic E-state index is -0.144. The molecule has 0 aromatic carbocycles. The van der Waals surface area contributed by atoms with Gasteiger partial charge < -0.3 is 10.4 Å². The average molecular weight is 179 g/mol. The summed E-state index contributed by atoms with van der Waals surface area (Å²) in [5.41, 5.74) is 0. The van der Waals surface area contributed by atoms with E-state index in [0.29, 0.717) is 6.04 Å². The van der Waals surface area contributed by atoms with E-state index in [0.717, 1.165) is 25.1 Å². The maximum atomic E-state index is 9.30. The monoisotopic (exact) mass is 179 g/mol. The number of aliphatic hydroxyl groups is 1. The van der Waals surface area contributed by atoms with E-state index in [9.17, 15) is 5.11 Å². The number of anilines is 1. The van der Waals surface area contributed by atoms with Gasteiger partial charge in [0.05, 0.1) is 12.3 Å². The highest BCUT2D eigenvalue weighted by Crippen LogP contribution is 2.21. The average Bonchev–Trinajstić information content (AvgIpc) is 2.53. The van der Waals surface area contributed by atoms with Crippen molar-refractivity contribution < 1.29 is 5.11 Å². The molecule has 1 aliphatic rings. The number of hydrogen-bond acceptors (Lipinski definition) is 4. The summed E-state index contributed by atoms with van der Waals surface area (Å²) in [6.07, 6.45) is 7.58. The molecular weight excluding hydrogens is 166 g/mol. The van der Waals surface area contributed by atoms with Gasteiger partial charge in [0, 0.05) is 18.4 Å². The fourth-order valence-corrected chi connectivity index (χ4v) is 1.67. The third-order valence-corrected chi connectivity index (χ3v) is 2.32. The molecule has 0 saturated heterocycles. The summed E-state index contributed by atoms with van der Waals surface area (Å²) in [5, 5.41) is 12.5. The molecule has 0 amide bonds. The van der Waals surface area contributed by atoms with Crippen LogP contribution >= 0.6 is 0 Å². The van der Waals surface area contributed by atoms with Crippen LogP contribution in [-0.4, -0.2) is 27.2 Å². The standard InChI is InChI=1S/C9H13N3O/c13-8-2-1-7(5-8)12-9-6-10-3-4-11-9/h3-4,6-8,13H,1-2,5H2,(H,11,12)/t7-,8+/m0/s1. The van der Waals surface area contributed by atoms with Crippen LogP contribution in [0.3, 0.4) is 0 Å². The molecule has 0 unspecified atom stereocenters. The molecule has 70 valence electrons. The van der Waals surface area contributed by atoms with Crippen LogP contribution in [0.1, 0.15) is 19.3 Å². The molecule has 2 N–H and O–H groups in total. The van der Waals surface area contributed by atoms with Crippen LogP contribution in [0, 0.1) is 0 Å². The predicted molar refractivity (Wildman–Crippen MR) is 49.3 cm³/mol. The molecule has 1 aromatic rings. The van der Waals surface area contributed by atoms with E-state index in [4.69, 9.17) is 0 Å². The molecule has 0 spiro atoms. The van der Waals surface area contributed by atoms with Crippen molar-refractivity contribution >= 4 is 5.82 Å². The number of hydrogen-bond donors (Lipinski definition) is 2. The van der Waals surface area contributed by atoms with Crippen molar-refractivity contribution in [2.45, 2.75) is 31.4 Å². The highest BCUT2D eigenvalue weighted by molar-refractivity contribution is 5.31. The van der Waals surface area contributed by atoms with Crippen molar-refractivity contribution in [1.29, 1.82) is 0 Å². The van der Waals surface area contributed by atoms with Crippen molar-refractivity contribution in [2.75, 3.05) is 5.32 Å². The maximum absolute atomic E-state index is 9.30. The lowest BCUT2D eigenvalue weighted by Gasteiger charge is -2.11. The lowest BCUT2D eigenvalue weighted by atomic mass is 10.2. The van der Waals surface area contributed by atoms with Gasteiger partial charge in [-0.3, -0.25) is 4.98 Å². The number of aromatic nitrogens is 2. The van der Waals surface area contributed by atoms with Gasteiger partial charge in [-0.2, -0.15) is 0 Å². The second kappa shape index (κ2) is 3.70. The topological polar surface area (TPSA) is 58.0 Å². The van der Waals surface area contributed by atoms with E-state index in [-0.39, 0.29) is 6.10 Å². The molecule has 1 aromatic heterocycles. The molecule has 1 fully saturated rings. The molecule has 4 heteroatoms. The van der Waals surface area contributed by atoms with Gasteiger partial charge in [0.2, 0.25) is 0 Å². The Morgan fingerprint density at radius 3 is 2.92 bits per heavy atom. The van der Waals surface area contributed by atoms with E-state index < -0.39 is 0 Å². The lowest BCUT2D eigenvalue weighted by molar-refractivity contribution is 0.182. The van der Waals surface area contributed by atoms with Crippen LogP contribution in [0.25, 0.3) is 0 Å². The molecule has 4 nitrogen and oxygen atoms in total. The Morgan fingerprint density at radius 2 is 2.31 bits per heavy atom. The Balaban J connectivity index is 1.92. The van der Waals surface area contributed by atoms with Gasteiger partial charge in [-0.1, -0.05) is 0 Å². The maximum Gasteiger partial charge on any atom is 0.144 e. The van der Waals surface area contributed by atoms with E-state index in [2.05, 4.69) is 15.3 Å². The van der Waals surface area contributed by atoms with Crippen LogP contribution in [-0.2, 0) is 0 Å². The van der Waals surface area contributed by atoms with Gasteiger partial charge in [0.1, 0.15) is 5.82 Å². The van der Waals surface area contributed by atoms with Gasteiger partial charge in [0.25, 0.3) is 0 Å². The zero-order valence-electron chi connectivity index (χ0n) is 7.35. The molecule has 0 aliphatic heterocycles. The quantitative estimate of drug-likeness (QED) is 0.705. The second-order valence-electron chi connectivity index (χ2n) is 3.40. The van der Waals surface area contributed by atoms with Gasteiger partial charge in [-0.25, -0.2) is 4.98 Å². The van der Waals surface area contributed by atoms with Crippen LogP contribution in [0.5, 0.6) is 0 Å². The molecule has 13 heavy (non-hydrogen) atoms. The molecule has 2 rings (SSSR count). The van der Waals surface area contributed by atoms with Gasteiger partial charge in [-0.05, 0) is 19.3 Å². The van der Waals surface area contributed by atoms with Gasteiger partial charge in [-0.15, -0.1) is 0 Å². The largest absolute Gasteiger partial charge is 0.393 e. The third kappa shape index (κ3) is 2.15. The van der Waals surface area contributed by atoms with Crippen LogP contribution in [0.4, 0.5) is 5.82 Å². The number of aliphatic hydroxyl groups excluding tert-OH is 1. The Morgan fingerprint density at radius 1 is 1.38 bits per heavy atom. The van der Waals surface area contributed by atoms with Crippen molar-refractivity contribution in [1.82, 2.24) is 9.97 Å². The second-order valence-corrected chi connectivity index (χ2v) is 3.40. The molecular formula is C9H13N3O. The molecule has 0 bridgehead atoms. The molecule has 2 atom stereocenters. The smallest absolute Gasteiger partial charge is 0.144 e. The van der Waals surface area contributed by atoms with Crippen LogP contribution < -0.4 is 5.32 Å². The van der Waals surface area contributed by atoms with Crippen LogP contribution in [0.15, 0.2) is 18.6 Å². The van der Waals surface area contributed by atoms with Gasteiger partial charge >= 0.3 is 0 Å². The Bertz CT molecular complexity index is 265. The Hall–Kier alpha value is -1.16. The first-order valence-electron chi connectivity index (χ1n) is 4.55. The predicted octanol–water partition coefficient (Wildman–Crippen LogP) is 0.802. The fraction of sp³-hybridized carbons (Fsp3) is 0.556. The molecule has 1 heterocycles. The number of nitrogens with zero attached hydrogens (tertiary/aromatic N) is 2. The minimum absolute atomic E-state index is 0.144. The minimum Gasteiger partial charge on any atom is -0.393 e. The highest BCUT2D eigenvalue weighted by atomic mass is 16.3. The number of nitrogens with one attached hydrogen (secondary N) is 1. The summed E-state index contributed by atoms with van der Waals surface area (Å²) in [7, 11) is 0. The summed E-state index contributed by atoms with van der Waals surface area (Å²) >= 11 is 0. The van der Waals surface area contributed by atoms with Crippen LogP contribution in [0.2, 0.25) is 0 Å². The summed E-state index contributed by atoms with van der Waals surface area (Å²) < 4.78 is 0. The molecule has 1 saturated carbocycles. The first-order valence-corrected chi connectivity index (χ1v) is 4.55. The molecule has 1 aliphatic carbocycles. The zero-order valence-corrected chi connectivity index (χ0v) is 7.35. The lowest BCUT2D eigenvalue weighted by Crippen LogP contribution is -2.17. The first-order chi connectivity index (χ1) is 6.34. The van der Waals surface area contributed by atoms with Crippen molar-refractivity contribution in [2.24, 2.45) is 0 Å². The number of rotatable bonds is 2. The SMILES string of the molecule is O[C@@H]1CC[C@H](Nc2cnccn2)C1. The van der Waals surface area contributed by atoms with E-state index in [1.54, 1.807) is 18.6 Å². The Labute approximate surface area is 77.0 Å². The summed E-state index contributed by atoms with van der Waals surface area (Å²) in [6, 6.07) is 0.353. The highest BCUT2D eigenvalue weighted by Gasteiger charge is 2.22. The van der Waals surface area contributed by atoms with E-state index >= 15 is 0 Å². The van der Waals surface area contributed by atoms with Crippen molar-refractivity contribution in [3.05, 3.63) is 18.6 Å². The summed E-state index contributed by atoms with van der Waals surface area (Å²) in [6.45, 7) is 0. The Kier molecular flexibility index (Phi) is 2.40. The van der Waals surface area contributed by atoms with Gasteiger partial charge in [0.15, 0.2) is 0 Å². The zero-order chi connectivity index (χ0) is 9.10. The third-order valence-electron chi connectivity index (χ3n) is 2.32. The van der Waals surface area contributed by atoms with E-state index in [1.165, 1.54) is 0 Å². The van der Waals surface area contributed by atoms with Crippen molar-refractivity contribution in [3.63, 3.8) is 0 Å². The summed E-state index contributed by atoms with van der Waals surface area (Å²) in [5.74, 6) is 0.793. The summed E-state index contributed by atoms with van der Waals surface area (Å²) in [4.78, 5) is 8.07. The first kappa shape index (κ1) is 8.44. The normalized spacial score (nSPS) is 27.5. The molecule has 0 radical (unpaired) electrons. The van der Waals surface area contributed by atoms with E-state index in [1.807, 2.05) is 0 Å².